The molecule has 1 aliphatic rings. The molecule has 0 spiro atoms. The molecule has 2 heteroatoms. The van der Waals surface area contributed by atoms with Crippen LogP contribution in [0.4, 0.5) is 0 Å². The molecule has 1 unspecified atom stereocenters. The molecule has 0 amide bonds. The minimum absolute atomic E-state index is 0.478. The Labute approximate surface area is 95.4 Å². The molecule has 0 aliphatic carbocycles. The molecule has 0 saturated carbocycles. The summed E-state index contributed by atoms with van der Waals surface area (Å²) in [6.07, 6.45) is 4.09. The van der Waals surface area contributed by atoms with Crippen molar-refractivity contribution in [3.05, 3.63) is 0 Å². The van der Waals surface area contributed by atoms with Crippen LogP contribution in [0.2, 0.25) is 0 Å². The van der Waals surface area contributed by atoms with Crippen molar-refractivity contribution < 1.29 is 0 Å². The van der Waals surface area contributed by atoms with Gasteiger partial charge in [-0.05, 0) is 44.3 Å². The average Bonchev–Trinajstić information content (AvgIpc) is 2.57. The fraction of sp³-hybridized carbons (Fsp3) is 1.00. The SMILES string of the molecule is CCNCC1CCCN1CCC(C)(C)C. The van der Waals surface area contributed by atoms with E-state index in [1.807, 2.05) is 0 Å². The summed E-state index contributed by atoms with van der Waals surface area (Å²) in [4.78, 5) is 2.67. The van der Waals surface area contributed by atoms with E-state index in [-0.39, 0.29) is 0 Å². The number of hydrogen-bond donors (Lipinski definition) is 1. The Bertz CT molecular complexity index is 172. The van der Waals surface area contributed by atoms with E-state index in [4.69, 9.17) is 0 Å². The molecule has 1 fully saturated rings. The van der Waals surface area contributed by atoms with Gasteiger partial charge in [0.25, 0.3) is 0 Å². The lowest BCUT2D eigenvalue weighted by Crippen LogP contribution is -2.39. The van der Waals surface area contributed by atoms with Crippen LogP contribution in [0.3, 0.4) is 0 Å². The molecular weight excluding hydrogens is 184 g/mol. The summed E-state index contributed by atoms with van der Waals surface area (Å²) in [6, 6.07) is 0.798. The van der Waals surface area contributed by atoms with Gasteiger partial charge in [0.2, 0.25) is 0 Å². The van der Waals surface area contributed by atoms with Crippen molar-refractivity contribution >= 4 is 0 Å². The fourth-order valence-electron chi connectivity index (χ4n) is 2.21. The molecule has 1 N–H and O–H groups in total. The van der Waals surface area contributed by atoms with Gasteiger partial charge in [-0.3, -0.25) is 4.90 Å². The summed E-state index contributed by atoms with van der Waals surface area (Å²) in [6.45, 7) is 14.1. The smallest absolute Gasteiger partial charge is 0.0221 e. The second-order valence-corrected chi connectivity index (χ2v) is 5.95. The maximum absolute atomic E-state index is 3.48. The van der Waals surface area contributed by atoms with Crippen LogP contribution in [0, 0.1) is 5.41 Å². The number of hydrogen-bond acceptors (Lipinski definition) is 2. The molecule has 0 bridgehead atoms. The molecule has 0 aromatic carbocycles. The van der Waals surface area contributed by atoms with Gasteiger partial charge in [-0.1, -0.05) is 27.7 Å². The highest BCUT2D eigenvalue weighted by Gasteiger charge is 2.24. The third-order valence-corrected chi connectivity index (χ3v) is 3.28. The van der Waals surface area contributed by atoms with Crippen LogP contribution in [-0.4, -0.2) is 37.1 Å². The summed E-state index contributed by atoms with van der Waals surface area (Å²) in [5, 5.41) is 3.48. The van der Waals surface area contributed by atoms with Crippen LogP contribution in [0.25, 0.3) is 0 Å². The van der Waals surface area contributed by atoms with Crippen molar-refractivity contribution in [3.8, 4) is 0 Å². The lowest BCUT2D eigenvalue weighted by atomic mass is 9.92. The normalized spacial score (nSPS) is 23.6. The maximum atomic E-state index is 3.48. The minimum atomic E-state index is 0.478. The lowest BCUT2D eigenvalue weighted by molar-refractivity contribution is 0.210. The van der Waals surface area contributed by atoms with Crippen molar-refractivity contribution in [2.24, 2.45) is 5.41 Å². The van der Waals surface area contributed by atoms with Crippen LogP contribution < -0.4 is 5.32 Å². The summed E-state index contributed by atoms with van der Waals surface area (Å²) in [7, 11) is 0. The summed E-state index contributed by atoms with van der Waals surface area (Å²) >= 11 is 0. The maximum Gasteiger partial charge on any atom is 0.0221 e. The standard InChI is InChI=1S/C13H28N2/c1-5-14-11-12-7-6-9-15(12)10-8-13(2,3)4/h12,14H,5-11H2,1-4H3. The Kier molecular flexibility index (Phi) is 5.07. The fourth-order valence-corrected chi connectivity index (χ4v) is 2.21. The number of rotatable bonds is 5. The zero-order valence-corrected chi connectivity index (χ0v) is 11.0. The quantitative estimate of drug-likeness (QED) is 0.753. The molecule has 0 aromatic heterocycles. The number of nitrogens with zero attached hydrogens (tertiary/aromatic N) is 1. The van der Waals surface area contributed by atoms with Crippen LogP contribution in [0.1, 0.15) is 47.0 Å². The zero-order valence-electron chi connectivity index (χ0n) is 11.0. The predicted octanol–water partition coefficient (Wildman–Crippen LogP) is 2.50. The summed E-state index contributed by atoms with van der Waals surface area (Å²) in [5.74, 6) is 0. The number of likely N-dealkylation sites (N-methyl/N-ethyl adjacent to an activating group) is 1. The highest BCUT2D eigenvalue weighted by molar-refractivity contribution is 4.81. The molecule has 1 aliphatic heterocycles. The summed E-state index contributed by atoms with van der Waals surface area (Å²) in [5.41, 5.74) is 0.478. The van der Waals surface area contributed by atoms with Gasteiger partial charge in [0.15, 0.2) is 0 Å². The van der Waals surface area contributed by atoms with Gasteiger partial charge < -0.3 is 5.32 Å². The molecule has 1 atom stereocenters. The Hall–Kier alpha value is -0.0800. The van der Waals surface area contributed by atoms with Crippen LogP contribution in [0.5, 0.6) is 0 Å². The first-order valence-electron chi connectivity index (χ1n) is 6.47. The molecule has 90 valence electrons. The summed E-state index contributed by atoms with van der Waals surface area (Å²) < 4.78 is 0. The van der Waals surface area contributed by atoms with Crippen molar-refractivity contribution in [1.82, 2.24) is 10.2 Å². The molecule has 2 nitrogen and oxygen atoms in total. The van der Waals surface area contributed by atoms with Gasteiger partial charge in [-0.2, -0.15) is 0 Å². The van der Waals surface area contributed by atoms with Gasteiger partial charge in [-0.25, -0.2) is 0 Å². The zero-order chi connectivity index (χ0) is 11.3. The molecule has 15 heavy (non-hydrogen) atoms. The van der Waals surface area contributed by atoms with Gasteiger partial charge >= 0.3 is 0 Å². The first-order chi connectivity index (χ1) is 7.03. The van der Waals surface area contributed by atoms with Gasteiger partial charge in [0, 0.05) is 12.6 Å². The molecule has 1 saturated heterocycles. The van der Waals surface area contributed by atoms with Crippen molar-refractivity contribution in [2.45, 2.75) is 53.0 Å². The van der Waals surface area contributed by atoms with Crippen molar-refractivity contribution in [2.75, 3.05) is 26.2 Å². The monoisotopic (exact) mass is 212 g/mol. The van der Waals surface area contributed by atoms with Gasteiger partial charge in [-0.15, -0.1) is 0 Å². The molecule has 1 heterocycles. The third-order valence-electron chi connectivity index (χ3n) is 3.28. The third kappa shape index (κ3) is 4.98. The first kappa shape index (κ1) is 13.0. The van der Waals surface area contributed by atoms with Gasteiger partial charge in [0.05, 0.1) is 0 Å². The van der Waals surface area contributed by atoms with E-state index >= 15 is 0 Å². The van der Waals surface area contributed by atoms with E-state index in [9.17, 15) is 0 Å². The van der Waals surface area contributed by atoms with E-state index in [2.05, 4.69) is 37.9 Å². The van der Waals surface area contributed by atoms with E-state index in [0.717, 1.165) is 12.6 Å². The van der Waals surface area contributed by atoms with Crippen molar-refractivity contribution in [3.63, 3.8) is 0 Å². The van der Waals surface area contributed by atoms with Gasteiger partial charge in [0.1, 0.15) is 0 Å². The largest absolute Gasteiger partial charge is 0.315 e. The van der Waals surface area contributed by atoms with E-state index in [0.29, 0.717) is 5.41 Å². The Balaban J connectivity index is 2.27. The molecular formula is C13H28N2. The topological polar surface area (TPSA) is 15.3 Å². The lowest BCUT2D eigenvalue weighted by Gasteiger charge is -2.28. The highest BCUT2D eigenvalue weighted by Crippen LogP contribution is 2.23. The molecule has 1 rings (SSSR count). The van der Waals surface area contributed by atoms with Crippen LogP contribution in [0.15, 0.2) is 0 Å². The molecule has 0 aromatic rings. The van der Waals surface area contributed by atoms with Crippen LogP contribution in [-0.2, 0) is 0 Å². The Morgan fingerprint density at radius 2 is 2.07 bits per heavy atom. The van der Waals surface area contributed by atoms with E-state index < -0.39 is 0 Å². The van der Waals surface area contributed by atoms with E-state index in [1.165, 1.54) is 38.9 Å². The second kappa shape index (κ2) is 5.86. The first-order valence-corrected chi connectivity index (χ1v) is 6.47. The number of nitrogens with one attached hydrogen (secondary N) is 1. The minimum Gasteiger partial charge on any atom is -0.315 e. The molecule has 0 radical (unpaired) electrons. The van der Waals surface area contributed by atoms with Crippen molar-refractivity contribution in [1.29, 1.82) is 0 Å². The predicted molar refractivity (Wildman–Crippen MR) is 67.2 cm³/mol. The second-order valence-electron chi connectivity index (χ2n) is 5.95. The van der Waals surface area contributed by atoms with Crippen LogP contribution >= 0.6 is 0 Å². The van der Waals surface area contributed by atoms with E-state index in [1.54, 1.807) is 0 Å². The average molecular weight is 212 g/mol. The highest BCUT2D eigenvalue weighted by atomic mass is 15.2. The Morgan fingerprint density at radius 1 is 1.33 bits per heavy atom. The Morgan fingerprint density at radius 3 is 2.67 bits per heavy atom. The number of likely N-dealkylation sites (tertiary alicyclic amines) is 1.